The predicted octanol–water partition coefficient (Wildman–Crippen LogP) is 7.74. The molecule has 6 nitrogen and oxygen atoms in total. The standard InChI is InChI=1S/C29H29Cl2F3N2O4/c1-4-25(36-28(38)35-16-18-10-20(30)15-21(31)11-18)23-14-19(29(32,33)34)7-8-22(23)24-12-17(6-9-26(24)39-3)13-27(37)40-5-2/h6-12,14-15,25H,4-5,13,16H2,1-3H3,(H2,35,36,38). The zero-order valence-corrected chi connectivity index (χ0v) is 23.6. The molecule has 11 heteroatoms. The summed E-state index contributed by atoms with van der Waals surface area (Å²) in [6.45, 7) is 3.77. The quantitative estimate of drug-likeness (QED) is 0.235. The van der Waals surface area contributed by atoms with Gasteiger partial charge in [0.15, 0.2) is 0 Å². The fourth-order valence-corrected chi connectivity index (χ4v) is 4.80. The van der Waals surface area contributed by atoms with Gasteiger partial charge in [-0.15, -0.1) is 0 Å². The number of carbonyl (C=O) groups is 2. The minimum absolute atomic E-state index is 0.0216. The third-order valence-electron chi connectivity index (χ3n) is 6.05. The van der Waals surface area contributed by atoms with Gasteiger partial charge < -0.3 is 20.1 Å². The van der Waals surface area contributed by atoms with E-state index in [1.54, 1.807) is 50.2 Å². The molecule has 0 aliphatic heterocycles. The number of benzene rings is 3. The van der Waals surface area contributed by atoms with Crippen LogP contribution in [0.2, 0.25) is 10.0 Å². The first-order chi connectivity index (χ1) is 18.9. The predicted molar refractivity (Wildman–Crippen MR) is 149 cm³/mol. The van der Waals surface area contributed by atoms with E-state index in [-0.39, 0.29) is 31.6 Å². The fraction of sp³-hybridized carbons (Fsp3) is 0.310. The van der Waals surface area contributed by atoms with E-state index in [9.17, 15) is 22.8 Å². The van der Waals surface area contributed by atoms with Crippen molar-refractivity contribution in [3.05, 3.63) is 86.9 Å². The van der Waals surface area contributed by atoms with Gasteiger partial charge >= 0.3 is 18.2 Å². The number of urea groups is 1. The van der Waals surface area contributed by atoms with Crippen molar-refractivity contribution in [1.82, 2.24) is 10.6 Å². The van der Waals surface area contributed by atoms with Crippen LogP contribution >= 0.6 is 23.2 Å². The average Bonchev–Trinajstić information content (AvgIpc) is 2.89. The van der Waals surface area contributed by atoms with Crippen molar-refractivity contribution < 1.29 is 32.2 Å². The van der Waals surface area contributed by atoms with Crippen molar-refractivity contribution in [2.24, 2.45) is 0 Å². The van der Waals surface area contributed by atoms with Crippen molar-refractivity contribution in [2.75, 3.05) is 13.7 Å². The molecular weight excluding hydrogens is 568 g/mol. The van der Waals surface area contributed by atoms with E-state index in [4.69, 9.17) is 32.7 Å². The number of hydrogen-bond acceptors (Lipinski definition) is 4. The normalized spacial score (nSPS) is 12.0. The SMILES string of the molecule is CCOC(=O)Cc1ccc(OC)c(-c2ccc(C(F)(F)F)cc2C(CC)NC(=O)NCc2cc(Cl)cc(Cl)c2)c1. The summed E-state index contributed by atoms with van der Waals surface area (Å²) in [4.78, 5) is 24.9. The molecule has 1 unspecified atom stereocenters. The molecule has 40 heavy (non-hydrogen) atoms. The van der Waals surface area contributed by atoms with Crippen LogP contribution in [0.15, 0.2) is 54.6 Å². The summed E-state index contributed by atoms with van der Waals surface area (Å²) >= 11 is 12.0. The van der Waals surface area contributed by atoms with Crippen LogP contribution < -0.4 is 15.4 Å². The largest absolute Gasteiger partial charge is 0.496 e. The zero-order chi connectivity index (χ0) is 29.4. The van der Waals surface area contributed by atoms with Crippen molar-refractivity contribution in [2.45, 2.75) is 45.5 Å². The summed E-state index contributed by atoms with van der Waals surface area (Å²) in [6.07, 6.45) is -4.34. The fourth-order valence-electron chi connectivity index (χ4n) is 4.23. The van der Waals surface area contributed by atoms with Gasteiger partial charge in [-0.1, -0.05) is 42.3 Å². The van der Waals surface area contributed by atoms with Crippen LogP contribution in [0.5, 0.6) is 5.75 Å². The van der Waals surface area contributed by atoms with Gasteiger partial charge in [0.1, 0.15) is 5.75 Å². The molecule has 0 aliphatic carbocycles. The smallest absolute Gasteiger partial charge is 0.416 e. The van der Waals surface area contributed by atoms with E-state index in [1.165, 1.54) is 13.2 Å². The van der Waals surface area contributed by atoms with Gasteiger partial charge in [0, 0.05) is 22.2 Å². The highest BCUT2D eigenvalue weighted by Crippen LogP contribution is 2.40. The van der Waals surface area contributed by atoms with Crippen molar-refractivity contribution in [3.8, 4) is 16.9 Å². The highest BCUT2D eigenvalue weighted by molar-refractivity contribution is 6.34. The first-order valence-corrected chi connectivity index (χ1v) is 13.2. The summed E-state index contributed by atoms with van der Waals surface area (Å²) in [5.41, 5.74) is 1.53. The molecule has 2 N–H and O–H groups in total. The maximum absolute atomic E-state index is 13.7. The first-order valence-electron chi connectivity index (χ1n) is 12.5. The molecule has 0 radical (unpaired) electrons. The molecule has 0 saturated heterocycles. The maximum Gasteiger partial charge on any atom is 0.416 e. The Balaban J connectivity index is 1.98. The van der Waals surface area contributed by atoms with Crippen LogP contribution in [-0.2, 0) is 28.7 Å². The minimum atomic E-state index is -4.60. The molecule has 0 bridgehead atoms. The lowest BCUT2D eigenvalue weighted by Gasteiger charge is -2.24. The minimum Gasteiger partial charge on any atom is -0.496 e. The molecule has 3 rings (SSSR count). The number of esters is 1. The van der Waals surface area contributed by atoms with Gasteiger partial charge in [-0.2, -0.15) is 13.2 Å². The summed E-state index contributed by atoms with van der Waals surface area (Å²) in [7, 11) is 1.44. The van der Waals surface area contributed by atoms with Crippen LogP contribution in [0.25, 0.3) is 11.1 Å². The van der Waals surface area contributed by atoms with Gasteiger partial charge in [0.2, 0.25) is 0 Å². The van der Waals surface area contributed by atoms with Crippen LogP contribution in [0, 0.1) is 0 Å². The van der Waals surface area contributed by atoms with Gasteiger partial charge in [-0.3, -0.25) is 4.79 Å². The second-order valence-electron chi connectivity index (χ2n) is 8.88. The maximum atomic E-state index is 13.7. The first kappa shape index (κ1) is 31.1. The molecule has 214 valence electrons. The molecule has 3 aromatic rings. The topological polar surface area (TPSA) is 76.7 Å². The Morgan fingerprint density at radius 3 is 2.23 bits per heavy atom. The Labute approximate surface area is 240 Å². The lowest BCUT2D eigenvalue weighted by molar-refractivity contribution is -0.142. The van der Waals surface area contributed by atoms with Crippen molar-refractivity contribution >= 4 is 35.2 Å². The van der Waals surface area contributed by atoms with Gasteiger partial charge in [0.05, 0.1) is 31.7 Å². The number of hydrogen-bond donors (Lipinski definition) is 2. The number of methoxy groups -OCH3 is 1. The monoisotopic (exact) mass is 596 g/mol. The second-order valence-corrected chi connectivity index (χ2v) is 9.75. The third kappa shape index (κ3) is 8.29. The highest BCUT2D eigenvalue weighted by atomic mass is 35.5. The van der Waals surface area contributed by atoms with E-state index in [1.807, 2.05) is 0 Å². The Bertz CT molecular complexity index is 1350. The van der Waals surface area contributed by atoms with E-state index in [0.29, 0.717) is 38.0 Å². The van der Waals surface area contributed by atoms with Crippen LogP contribution in [-0.4, -0.2) is 25.7 Å². The molecule has 0 fully saturated rings. The third-order valence-corrected chi connectivity index (χ3v) is 6.49. The Morgan fingerprint density at radius 2 is 1.62 bits per heavy atom. The molecule has 0 aromatic heterocycles. The average molecular weight is 597 g/mol. The summed E-state index contributed by atoms with van der Waals surface area (Å²) in [5.74, 6) is -0.0391. The number of halogens is 5. The molecule has 3 aromatic carbocycles. The number of alkyl halides is 3. The van der Waals surface area contributed by atoms with E-state index in [2.05, 4.69) is 10.6 Å². The van der Waals surface area contributed by atoms with Crippen molar-refractivity contribution in [1.29, 1.82) is 0 Å². The molecule has 0 heterocycles. The van der Waals surface area contributed by atoms with Crippen LogP contribution in [0.1, 0.15) is 48.6 Å². The lowest BCUT2D eigenvalue weighted by Crippen LogP contribution is -2.37. The van der Waals surface area contributed by atoms with Gasteiger partial charge in [-0.25, -0.2) is 4.79 Å². The Kier molecular flexibility index (Phi) is 10.7. The number of ether oxygens (including phenoxy) is 2. The van der Waals surface area contributed by atoms with Crippen LogP contribution in [0.3, 0.4) is 0 Å². The lowest BCUT2D eigenvalue weighted by atomic mass is 9.90. The molecule has 1 atom stereocenters. The van der Waals surface area contributed by atoms with Crippen LogP contribution in [0.4, 0.5) is 18.0 Å². The molecule has 2 amide bonds. The number of nitrogens with one attached hydrogen (secondary N) is 2. The second kappa shape index (κ2) is 13.8. The molecule has 0 spiro atoms. The number of carbonyl (C=O) groups excluding carboxylic acids is 2. The number of amides is 2. The zero-order valence-electron chi connectivity index (χ0n) is 22.1. The summed E-state index contributed by atoms with van der Waals surface area (Å²) < 4.78 is 51.7. The summed E-state index contributed by atoms with van der Waals surface area (Å²) in [6, 6.07) is 11.8. The van der Waals surface area contributed by atoms with Gasteiger partial charge in [0.25, 0.3) is 0 Å². The van der Waals surface area contributed by atoms with E-state index >= 15 is 0 Å². The molecule has 0 aliphatic rings. The van der Waals surface area contributed by atoms with Gasteiger partial charge in [-0.05, 0) is 78.1 Å². The summed E-state index contributed by atoms with van der Waals surface area (Å²) in [5, 5.41) is 6.28. The number of rotatable bonds is 10. The molecular formula is C29H29Cl2F3N2O4. The van der Waals surface area contributed by atoms with E-state index in [0.717, 1.165) is 12.1 Å². The molecule has 0 saturated carbocycles. The van der Waals surface area contributed by atoms with Crippen molar-refractivity contribution in [3.63, 3.8) is 0 Å². The van der Waals surface area contributed by atoms with E-state index < -0.39 is 29.8 Å². The highest BCUT2D eigenvalue weighted by Gasteiger charge is 2.32. The Hall–Kier alpha value is -3.43. The Morgan fingerprint density at radius 1 is 0.925 bits per heavy atom.